The summed E-state index contributed by atoms with van der Waals surface area (Å²) >= 11 is 0. The van der Waals surface area contributed by atoms with Gasteiger partial charge in [0.25, 0.3) is 21.8 Å². The van der Waals surface area contributed by atoms with Gasteiger partial charge in [-0.05, 0) is 60.0 Å². The molecule has 2 amide bonds. The van der Waals surface area contributed by atoms with Gasteiger partial charge in [-0.2, -0.15) is 0 Å². The molecule has 35 heavy (non-hydrogen) atoms. The Morgan fingerprint density at radius 3 is 1.63 bits per heavy atom. The highest BCUT2D eigenvalue weighted by molar-refractivity contribution is 7.92. The minimum atomic E-state index is -3.69. The predicted molar refractivity (Wildman–Crippen MR) is 136 cm³/mol. The maximum Gasteiger partial charge on any atom is 0.261 e. The summed E-state index contributed by atoms with van der Waals surface area (Å²) in [7, 11) is -3.69. The summed E-state index contributed by atoms with van der Waals surface area (Å²) in [6.45, 7) is 6.04. The van der Waals surface area contributed by atoms with Gasteiger partial charge >= 0.3 is 0 Å². The van der Waals surface area contributed by atoms with Crippen LogP contribution in [0.2, 0.25) is 0 Å². The zero-order chi connectivity index (χ0) is 25.0. The number of anilines is 1. The monoisotopic (exact) mass is 491 g/mol. The molecule has 1 fully saturated rings. The van der Waals surface area contributed by atoms with E-state index in [-0.39, 0.29) is 16.7 Å². The molecule has 0 unspecified atom stereocenters. The lowest BCUT2D eigenvalue weighted by molar-refractivity contribution is 0.0535. The number of carbonyl (C=O) groups is 2. The van der Waals surface area contributed by atoms with Crippen LogP contribution in [0.4, 0.5) is 5.69 Å². The minimum absolute atomic E-state index is 0.0255. The van der Waals surface area contributed by atoms with Crippen LogP contribution in [0.5, 0.6) is 0 Å². The molecule has 0 atom stereocenters. The SMILES string of the molecule is CC(C)c1ccc(C(=O)N2CCN(C(=O)c3ccc(NS(=O)(=O)c4ccccc4)cc3)CC2)cc1. The van der Waals surface area contributed by atoms with E-state index in [2.05, 4.69) is 18.6 Å². The van der Waals surface area contributed by atoms with E-state index >= 15 is 0 Å². The van der Waals surface area contributed by atoms with Crippen LogP contribution >= 0.6 is 0 Å². The van der Waals surface area contributed by atoms with Crippen LogP contribution in [0.15, 0.2) is 83.8 Å². The van der Waals surface area contributed by atoms with Gasteiger partial charge in [0.05, 0.1) is 4.90 Å². The number of carbonyl (C=O) groups excluding carboxylic acids is 2. The number of hydrogen-bond donors (Lipinski definition) is 1. The van der Waals surface area contributed by atoms with E-state index in [0.717, 1.165) is 0 Å². The standard InChI is InChI=1S/C27H29N3O4S/c1-20(2)21-8-10-22(11-9-21)26(31)29-16-18-30(19-17-29)27(32)23-12-14-24(15-13-23)28-35(33,34)25-6-4-3-5-7-25/h3-15,20,28H,16-19H2,1-2H3. The van der Waals surface area contributed by atoms with E-state index in [1.54, 1.807) is 52.3 Å². The predicted octanol–water partition coefficient (Wildman–Crippen LogP) is 4.21. The van der Waals surface area contributed by atoms with Gasteiger partial charge in [0, 0.05) is 43.0 Å². The Labute approximate surface area is 206 Å². The summed E-state index contributed by atoms with van der Waals surface area (Å²) in [6, 6.07) is 22.2. The Morgan fingerprint density at radius 1 is 0.714 bits per heavy atom. The van der Waals surface area contributed by atoms with E-state index in [9.17, 15) is 18.0 Å². The third kappa shape index (κ3) is 5.71. The maximum atomic E-state index is 12.9. The molecule has 0 saturated carbocycles. The number of nitrogens with zero attached hydrogens (tertiary/aromatic N) is 2. The molecular formula is C27H29N3O4S. The highest BCUT2D eigenvalue weighted by atomic mass is 32.2. The first-order valence-corrected chi connectivity index (χ1v) is 13.1. The third-order valence-corrected chi connectivity index (χ3v) is 7.51. The summed E-state index contributed by atoms with van der Waals surface area (Å²) < 4.78 is 27.5. The number of amides is 2. The Kier molecular flexibility index (Phi) is 7.21. The fourth-order valence-electron chi connectivity index (χ4n) is 3.98. The first-order chi connectivity index (χ1) is 16.7. The van der Waals surface area contributed by atoms with Crippen molar-refractivity contribution in [2.75, 3.05) is 30.9 Å². The number of nitrogens with one attached hydrogen (secondary N) is 1. The van der Waals surface area contributed by atoms with Crippen LogP contribution < -0.4 is 4.72 Å². The van der Waals surface area contributed by atoms with Crippen molar-refractivity contribution in [3.8, 4) is 0 Å². The Balaban J connectivity index is 1.34. The molecule has 1 heterocycles. The van der Waals surface area contributed by atoms with Gasteiger partial charge in [-0.25, -0.2) is 8.42 Å². The highest BCUT2D eigenvalue weighted by Gasteiger charge is 2.25. The molecule has 1 N–H and O–H groups in total. The van der Waals surface area contributed by atoms with Crippen molar-refractivity contribution in [2.24, 2.45) is 0 Å². The van der Waals surface area contributed by atoms with Crippen molar-refractivity contribution >= 4 is 27.5 Å². The van der Waals surface area contributed by atoms with E-state index in [1.807, 2.05) is 24.3 Å². The van der Waals surface area contributed by atoms with Crippen molar-refractivity contribution in [1.29, 1.82) is 0 Å². The number of hydrogen-bond acceptors (Lipinski definition) is 4. The number of rotatable bonds is 6. The summed E-state index contributed by atoms with van der Waals surface area (Å²) in [4.78, 5) is 29.5. The quantitative estimate of drug-likeness (QED) is 0.560. The number of sulfonamides is 1. The summed E-state index contributed by atoms with van der Waals surface area (Å²) in [5.41, 5.74) is 2.69. The van der Waals surface area contributed by atoms with Crippen molar-refractivity contribution in [3.05, 3.63) is 95.6 Å². The van der Waals surface area contributed by atoms with Gasteiger partial charge in [0.15, 0.2) is 0 Å². The molecule has 1 aliphatic heterocycles. The molecule has 0 bridgehead atoms. The van der Waals surface area contributed by atoms with Crippen molar-refractivity contribution in [1.82, 2.24) is 9.80 Å². The Morgan fingerprint density at radius 2 is 1.17 bits per heavy atom. The molecule has 3 aromatic rings. The summed E-state index contributed by atoms with van der Waals surface area (Å²) in [6.07, 6.45) is 0. The molecule has 7 nitrogen and oxygen atoms in total. The molecule has 0 aromatic heterocycles. The van der Waals surface area contributed by atoms with E-state index in [1.165, 1.54) is 17.7 Å². The van der Waals surface area contributed by atoms with E-state index in [4.69, 9.17) is 0 Å². The van der Waals surface area contributed by atoms with E-state index < -0.39 is 10.0 Å². The van der Waals surface area contributed by atoms with Gasteiger partial charge in [-0.1, -0.05) is 44.2 Å². The van der Waals surface area contributed by atoms with Crippen LogP contribution in [-0.2, 0) is 10.0 Å². The molecule has 8 heteroatoms. The second-order valence-electron chi connectivity index (χ2n) is 8.86. The molecule has 0 radical (unpaired) electrons. The highest BCUT2D eigenvalue weighted by Crippen LogP contribution is 2.19. The van der Waals surface area contributed by atoms with E-state index in [0.29, 0.717) is 48.9 Å². The van der Waals surface area contributed by atoms with Crippen LogP contribution in [0.1, 0.15) is 46.0 Å². The largest absolute Gasteiger partial charge is 0.335 e. The van der Waals surface area contributed by atoms with Crippen LogP contribution in [-0.4, -0.2) is 56.2 Å². The van der Waals surface area contributed by atoms with Gasteiger partial charge in [-0.3, -0.25) is 14.3 Å². The topological polar surface area (TPSA) is 86.8 Å². The lowest BCUT2D eigenvalue weighted by Gasteiger charge is -2.35. The smallest absolute Gasteiger partial charge is 0.261 e. The van der Waals surface area contributed by atoms with Crippen LogP contribution in [0.3, 0.4) is 0 Å². The molecule has 182 valence electrons. The number of piperazine rings is 1. The molecule has 1 saturated heterocycles. The van der Waals surface area contributed by atoms with Crippen molar-refractivity contribution in [2.45, 2.75) is 24.7 Å². The first-order valence-electron chi connectivity index (χ1n) is 11.6. The second-order valence-corrected chi connectivity index (χ2v) is 10.5. The van der Waals surface area contributed by atoms with Gasteiger partial charge < -0.3 is 9.80 Å². The lowest BCUT2D eigenvalue weighted by Crippen LogP contribution is -2.50. The van der Waals surface area contributed by atoms with Crippen molar-refractivity contribution in [3.63, 3.8) is 0 Å². The Bertz CT molecular complexity index is 1280. The van der Waals surface area contributed by atoms with Gasteiger partial charge in [0.2, 0.25) is 0 Å². The number of benzene rings is 3. The summed E-state index contributed by atoms with van der Waals surface area (Å²) in [5.74, 6) is 0.241. The Hall–Kier alpha value is -3.65. The first kappa shape index (κ1) is 24.5. The zero-order valence-electron chi connectivity index (χ0n) is 19.8. The maximum absolute atomic E-state index is 12.9. The average Bonchev–Trinajstić information content (AvgIpc) is 2.89. The lowest BCUT2D eigenvalue weighted by atomic mass is 10.0. The zero-order valence-corrected chi connectivity index (χ0v) is 20.7. The molecule has 4 rings (SSSR count). The molecular weight excluding hydrogens is 462 g/mol. The third-order valence-electron chi connectivity index (χ3n) is 6.12. The second kappa shape index (κ2) is 10.3. The molecule has 1 aliphatic rings. The average molecular weight is 492 g/mol. The van der Waals surface area contributed by atoms with Gasteiger partial charge in [-0.15, -0.1) is 0 Å². The molecule has 3 aromatic carbocycles. The fourth-order valence-corrected chi connectivity index (χ4v) is 5.06. The minimum Gasteiger partial charge on any atom is -0.335 e. The molecule has 0 spiro atoms. The fraction of sp³-hybridized carbons (Fsp3) is 0.259. The molecule has 0 aliphatic carbocycles. The normalized spacial score (nSPS) is 14.1. The summed E-state index contributed by atoms with van der Waals surface area (Å²) in [5, 5.41) is 0. The van der Waals surface area contributed by atoms with Crippen LogP contribution in [0.25, 0.3) is 0 Å². The van der Waals surface area contributed by atoms with Crippen molar-refractivity contribution < 1.29 is 18.0 Å². The van der Waals surface area contributed by atoms with Gasteiger partial charge in [0.1, 0.15) is 0 Å². The van der Waals surface area contributed by atoms with Crippen LogP contribution in [0, 0.1) is 0 Å².